The third-order valence-electron chi connectivity index (χ3n) is 3.03. The summed E-state index contributed by atoms with van der Waals surface area (Å²) in [6.07, 6.45) is 0. The van der Waals surface area contributed by atoms with Gasteiger partial charge in [0.1, 0.15) is 0 Å². The number of rotatable bonds is 5. The molecule has 6 heteroatoms. The first-order valence-corrected chi connectivity index (χ1v) is 17.2. The second kappa shape index (κ2) is 7.46. The predicted octanol–water partition coefficient (Wildman–Crippen LogP) is 4.18. The summed E-state index contributed by atoms with van der Waals surface area (Å²) in [7, 11) is 15.0. The Morgan fingerprint density at radius 2 is 1.80 bits per heavy atom. The van der Waals surface area contributed by atoms with E-state index in [0.29, 0.717) is 0 Å². The molecule has 1 aromatic carbocycles. The standard InChI is InChI=1S/C14H16NOP.2ClH.Po/c1-10-8-9-11(2)15(10)12-6-5-7-13(16-3)14(12)17-4;;;/h5-9H,4H2,1-3H3;2*1H;/q-1;;;+2/p-2. The zero-order chi connectivity index (χ0) is 14.7. The molecule has 0 saturated carbocycles. The molecule has 0 aliphatic rings. The molecular formula is C14H16Cl2NOPPo-. The molecule has 1 aromatic heterocycles. The van der Waals surface area contributed by atoms with Crippen LogP contribution in [0.25, 0.3) is 5.69 Å². The molecule has 0 aliphatic carbocycles. The van der Waals surface area contributed by atoms with Gasteiger partial charge in [-0.1, -0.05) is 0 Å². The SMILES string of the molecule is COc1cccc(-n2c(C)ccc2C)c1[P-][CH2][Po]([Cl])[Cl]. The summed E-state index contributed by atoms with van der Waals surface area (Å²) in [4.78, 5) is 0. The molecule has 0 atom stereocenters. The second-order valence-corrected chi connectivity index (χ2v) is 18.5. The van der Waals surface area contributed by atoms with E-state index in [-0.39, 0.29) is 0 Å². The summed E-state index contributed by atoms with van der Waals surface area (Å²) < 4.78 is 8.63. The number of methoxy groups -OCH3 is 1. The minimum absolute atomic E-state index is 0.871. The van der Waals surface area contributed by atoms with Crippen LogP contribution in [0.2, 0.25) is 0 Å². The Bertz CT molecular complexity index is 581. The molecule has 0 bridgehead atoms. The van der Waals surface area contributed by atoms with E-state index in [1.807, 2.05) is 12.1 Å². The third kappa shape index (κ3) is 3.69. The van der Waals surface area contributed by atoms with Gasteiger partial charge in [0.2, 0.25) is 0 Å². The van der Waals surface area contributed by atoms with Crippen LogP contribution in [0.3, 0.4) is 0 Å². The third-order valence-corrected chi connectivity index (χ3v) is 13.0. The molecule has 2 nitrogen and oxygen atoms in total. The van der Waals surface area contributed by atoms with Crippen LogP contribution in [0.15, 0.2) is 30.3 Å². The van der Waals surface area contributed by atoms with Gasteiger partial charge in [0, 0.05) is 0 Å². The second-order valence-electron chi connectivity index (χ2n) is 4.34. The first kappa shape index (κ1) is 16.6. The summed E-state index contributed by atoms with van der Waals surface area (Å²) in [5.74, 6) is 0.897. The number of ether oxygens (including phenoxy) is 1. The monoisotopic (exact) mass is 524 g/mol. The van der Waals surface area contributed by atoms with E-state index in [1.54, 1.807) is 7.11 Å². The maximum atomic E-state index is 6.07. The van der Waals surface area contributed by atoms with Gasteiger partial charge in [-0.15, -0.1) is 0 Å². The van der Waals surface area contributed by atoms with Gasteiger partial charge in [-0.25, -0.2) is 0 Å². The van der Waals surface area contributed by atoms with Gasteiger partial charge in [0.15, 0.2) is 0 Å². The van der Waals surface area contributed by atoms with E-state index in [2.05, 4.69) is 36.6 Å². The molecule has 0 saturated heterocycles. The molecule has 20 heavy (non-hydrogen) atoms. The molecular weight excluding hydrogens is 509 g/mol. The van der Waals surface area contributed by atoms with Crippen molar-refractivity contribution < 1.29 is 4.74 Å². The molecule has 0 fully saturated rings. The summed E-state index contributed by atoms with van der Waals surface area (Å²) in [6.45, 7) is 4.22. The van der Waals surface area contributed by atoms with Gasteiger partial charge in [0.25, 0.3) is 0 Å². The summed E-state index contributed by atoms with van der Waals surface area (Å²) in [6, 6.07) is 10.4. The van der Waals surface area contributed by atoms with Crippen LogP contribution < -0.4 is 10.0 Å². The van der Waals surface area contributed by atoms with Crippen LogP contribution in [0.1, 0.15) is 11.4 Å². The number of hydrogen-bond donors (Lipinski definition) is 0. The van der Waals surface area contributed by atoms with Crippen molar-refractivity contribution in [2.75, 3.05) is 10.9 Å². The fraction of sp³-hybridized carbons (Fsp3) is 0.286. The minimum atomic E-state index is -2.13. The zero-order valence-corrected chi connectivity index (χ0v) is 17.1. The van der Waals surface area contributed by atoms with Gasteiger partial charge < -0.3 is 0 Å². The van der Waals surface area contributed by atoms with Crippen LogP contribution >= 0.6 is 25.5 Å². The Balaban J connectivity index is 2.52. The number of halogens is 2. The van der Waals surface area contributed by atoms with E-state index in [0.717, 1.165) is 29.1 Å². The first-order valence-electron chi connectivity index (χ1n) is 6.08. The molecule has 0 aliphatic heterocycles. The van der Waals surface area contributed by atoms with E-state index >= 15 is 0 Å². The van der Waals surface area contributed by atoms with Crippen LogP contribution in [-0.4, -0.2) is 35.2 Å². The Labute approximate surface area is 137 Å². The summed E-state index contributed by atoms with van der Waals surface area (Å²) >= 11 is -2.13. The normalized spacial score (nSPS) is 11.7. The average molecular weight is 525 g/mol. The van der Waals surface area contributed by atoms with Crippen LogP contribution in [0.5, 0.6) is 5.75 Å². The van der Waals surface area contributed by atoms with Crippen LogP contribution in [0.4, 0.5) is 0 Å². The molecule has 2 aromatic rings. The van der Waals surface area contributed by atoms with Gasteiger partial charge in [-0.2, -0.15) is 0 Å². The zero-order valence-electron chi connectivity index (χ0n) is 11.6. The fourth-order valence-electron chi connectivity index (χ4n) is 2.18. The number of aromatic nitrogens is 1. The number of hydrogen-bond acceptors (Lipinski definition) is 1. The van der Waals surface area contributed by atoms with Crippen molar-refractivity contribution in [1.82, 2.24) is 4.57 Å². The van der Waals surface area contributed by atoms with Crippen molar-refractivity contribution in [3.63, 3.8) is 0 Å². The van der Waals surface area contributed by atoms with Gasteiger partial charge >= 0.3 is 138 Å². The topological polar surface area (TPSA) is 14.2 Å². The van der Waals surface area contributed by atoms with Crippen molar-refractivity contribution >= 4 is 50.4 Å². The molecule has 1 heterocycles. The molecule has 0 amide bonds. The molecule has 109 valence electrons. The van der Waals surface area contributed by atoms with Crippen molar-refractivity contribution in [1.29, 1.82) is 0 Å². The molecule has 0 spiro atoms. The molecule has 0 N–H and O–H groups in total. The van der Waals surface area contributed by atoms with E-state index in [4.69, 9.17) is 21.6 Å². The molecule has 0 unspecified atom stereocenters. The Morgan fingerprint density at radius 3 is 2.35 bits per heavy atom. The van der Waals surface area contributed by atoms with Gasteiger partial charge in [-0.05, 0) is 0 Å². The van der Waals surface area contributed by atoms with E-state index in [9.17, 15) is 0 Å². The summed E-state index contributed by atoms with van der Waals surface area (Å²) in [5, 5.41) is 1.16. The molecule has 1 radical (unpaired) electrons. The number of aryl methyl sites for hydroxylation is 2. The Hall–Kier alpha value is 0.206. The fourth-order valence-corrected chi connectivity index (χ4v) is 8.27. The predicted molar refractivity (Wildman–Crippen MR) is 90.7 cm³/mol. The first-order chi connectivity index (χ1) is 9.54. The van der Waals surface area contributed by atoms with Crippen molar-refractivity contribution in [2.24, 2.45) is 0 Å². The summed E-state index contributed by atoms with van der Waals surface area (Å²) in [5.41, 5.74) is 3.58. The average Bonchev–Trinajstić information content (AvgIpc) is 2.75. The molecule has 2 rings (SSSR count). The van der Waals surface area contributed by atoms with E-state index < -0.39 is 19.7 Å². The maximum absolute atomic E-state index is 6.07. The number of benzene rings is 1. The van der Waals surface area contributed by atoms with Crippen molar-refractivity contribution in [3.05, 3.63) is 41.7 Å². The Kier molecular flexibility index (Phi) is 6.18. The van der Waals surface area contributed by atoms with Crippen LogP contribution in [-0.2, 0) is 0 Å². The van der Waals surface area contributed by atoms with Gasteiger partial charge in [-0.3, -0.25) is 0 Å². The quantitative estimate of drug-likeness (QED) is 0.535. The van der Waals surface area contributed by atoms with Crippen molar-refractivity contribution in [3.8, 4) is 11.4 Å². The van der Waals surface area contributed by atoms with Crippen molar-refractivity contribution in [2.45, 2.75) is 13.8 Å². The van der Waals surface area contributed by atoms with Gasteiger partial charge in [0.05, 0.1) is 0 Å². The van der Waals surface area contributed by atoms with E-state index in [1.165, 1.54) is 11.4 Å². The van der Waals surface area contributed by atoms with Crippen LogP contribution in [0, 0.1) is 13.8 Å². The number of nitrogens with zero attached hydrogens (tertiary/aromatic N) is 1. The Morgan fingerprint density at radius 1 is 1.15 bits per heavy atom.